The molecule has 0 aliphatic carbocycles. The molecule has 0 bridgehead atoms. The summed E-state index contributed by atoms with van der Waals surface area (Å²) in [5.74, 6) is -0.722. The van der Waals surface area contributed by atoms with Crippen molar-refractivity contribution in [2.75, 3.05) is 11.9 Å². The van der Waals surface area contributed by atoms with Crippen LogP contribution in [0.4, 0.5) is 5.69 Å². The Hall–Kier alpha value is -3.02. The number of hydrogen-bond donors (Lipinski definition) is 1. The predicted molar refractivity (Wildman–Crippen MR) is 96.0 cm³/mol. The SMILES string of the molecule is CCCCCOc1ccc(NC(=O)c2ccccc2C(=O)N=O)cc1. The number of nitrogens with one attached hydrogen (secondary N) is 1. The lowest BCUT2D eigenvalue weighted by Crippen LogP contribution is -2.15. The average molecular weight is 340 g/mol. The normalized spacial score (nSPS) is 10.1. The van der Waals surface area contributed by atoms with E-state index in [4.69, 9.17) is 4.74 Å². The summed E-state index contributed by atoms with van der Waals surface area (Å²) in [5, 5.41) is 5.07. The van der Waals surface area contributed by atoms with E-state index in [9.17, 15) is 14.5 Å². The number of carbonyl (C=O) groups is 2. The van der Waals surface area contributed by atoms with Crippen LogP contribution in [0.2, 0.25) is 0 Å². The van der Waals surface area contributed by atoms with Gasteiger partial charge in [-0.2, -0.15) is 0 Å². The maximum absolute atomic E-state index is 12.3. The van der Waals surface area contributed by atoms with Crippen molar-refractivity contribution >= 4 is 17.5 Å². The molecule has 0 spiro atoms. The summed E-state index contributed by atoms with van der Waals surface area (Å²) in [7, 11) is 0. The van der Waals surface area contributed by atoms with Crippen LogP contribution in [0.25, 0.3) is 0 Å². The smallest absolute Gasteiger partial charge is 0.317 e. The number of unbranched alkanes of at least 4 members (excludes halogenated alkanes) is 2. The van der Waals surface area contributed by atoms with Crippen LogP contribution in [0, 0.1) is 4.91 Å². The predicted octanol–water partition coefficient (Wildman–Crippen LogP) is 4.41. The Bertz CT molecular complexity index is 741. The lowest BCUT2D eigenvalue weighted by Gasteiger charge is -2.09. The van der Waals surface area contributed by atoms with E-state index in [0.717, 1.165) is 25.0 Å². The Morgan fingerprint density at radius 3 is 2.32 bits per heavy atom. The average Bonchev–Trinajstić information content (AvgIpc) is 2.66. The third-order valence-electron chi connectivity index (χ3n) is 3.61. The number of carbonyl (C=O) groups excluding carboxylic acids is 2. The fourth-order valence-corrected chi connectivity index (χ4v) is 2.29. The Kier molecular flexibility index (Phi) is 6.83. The zero-order valence-corrected chi connectivity index (χ0v) is 14.0. The zero-order valence-electron chi connectivity index (χ0n) is 14.0. The minimum Gasteiger partial charge on any atom is -0.494 e. The van der Waals surface area contributed by atoms with E-state index >= 15 is 0 Å². The van der Waals surface area contributed by atoms with Crippen LogP contribution in [0.15, 0.2) is 53.7 Å². The van der Waals surface area contributed by atoms with Crippen molar-refractivity contribution in [3.63, 3.8) is 0 Å². The first kappa shape index (κ1) is 18.3. The summed E-state index contributed by atoms with van der Waals surface area (Å²) < 4.78 is 5.61. The maximum atomic E-state index is 12.3. The molecule has 0 saturated heterocycles. The maximum Gasteiger partial charge on any atom is 0.317 e. The molecule has 0 fully saturated rings. The summed E-state index contributed by atoms with van der Waals surface area (Å²) in [6.07, 6.45) is 3.27. The number of rotatable bonds is 8. The van der Waals surface area contributed by atoms with E-state index in [-0.39, 0.29) is 11.1 Å². The molecule has 2 amide bonds. The Morgan fingerprint density at radius 2 is 1.68 bits per heavy atom. The van der Waals surface area contributed by atoms with Gasteiger partial charge in [-0.1, -0.05) is 31.9 Å². The van der Waals surface area contributed by atoms with Gasteiger partial charge in [-0.15, -0.1) is 4.91 Å². The topological polar surface area (TPSA) is 84.8 Å². The molecule has 6 heteroatoms. The fourth-order valence-electron chi connectivity index (χ4n) is 2.29. The highest BCUT2D eigenvalue weighted by molar-refractivity contribution is 6.12. The minimum absolute atomic E-state index is 0.0223. The molecule has 2 aromatic rings. The first-order valence-electron chi connectivity index (χ1n) is 8.16. The van der Waals surface area contributed by atoms with Crippen LogP contribution in [0.5, 0.6) is 5.75 Å². The number of anilines is 1. The van der Waals surface area contributed by atoms with Gasteiger partial charge >= 0.3 is 5.91 Å². The summed E-state index contributed by atoms with van der Waals surface area (Å²) >= 11 is 0. The minimum atomic E-state index is -0.971. The summed E-state index contributed by atoms with van der Waals surface area (Å²) in [4.78, 5) is 34.3. The van der Waals surface area contributed by atoms with Gasteiger partial charge in [0.25, 0.3) is 5.91 Å². The van der Waals surface area contributed by atoms with Gasteiger partial charge in [-0.05, 0) is 42.8 Å². The molecule has 0 unspecified atom stereocenters. The second-order valence-corrected chi connectivity index (χ2v) is 5.48. The van der Waals surface area contributed by atoms with Gasteiger partial charge < -0.3 is 10.1 Å². The number of hydrogen-bond acceptors (Lipinski definition) is 4. The molecule has 0 aliphatic heterocycles. The van der Waals surface area contributed by atoms with Crippen LogP contribution < -0.4 is 10.1 Å². The van der Waals surface area contributed by atoms with Crippen LogP contribution in [0.3, 0.4) is 0 Å². The molecule has 0 radical (unpaired) electrons. The van der Waals surface area contributed by atoms with Gasteiger partial charge in [0.2, 0.25) is 0 Å². The first-order chi connectivity index (χ1) is 12.2. The highest BCUT2D eigenvalue weighted by Gasteiger charge is 2.17. The van der Waals surface area contributed by atoms with Crippen molar-refractivity contribution in [2.24, 2.45) is 5.18 Å². The van der Waals surface area contributed by atoms with E-state index in [1.807, 2.05) is 0 Å². The van der Waals surface area contributed by atoms with Gasteiger partial charge in [-0.25, -0.2) is 0 Å². The highest BCUT2D eigenvalue weighted by atomic mass is 16.5. The van der Waals surface area contributed by atoms with Crippen LogP contribution in [-0.4, -0.2) is 18.4 Å². The number of ether oxygens (including phenoxy) is 1. The number of nitrogens with zero attached hydrogens (tertiary/aromatic N) is 1. The van der Waals surface area contributed by atoms with E-state index in [0.29, 0.717) is 12.3 Å². The standard InChI is InChI=1S/C19H20N2O4/c1-2-3-6-13-25-15-11-9-14(10-12-15)20-18(22)16-7-4-5-8-17(16)19(23)21-24/h4-5,7-12H,2-3,6,13H2,1H3,(H,20,22). The molecule has 0 heterocycles. The lowest BCUT2D eigenvalue weighted by atomic mass is 10.1. The van der Waals surface area contributed by atoms with Crippen molar-refractivity contribution < 1.29 is 14.3 Å². The van der Waals surface area contributed by atoms with Gasteiger partial charge in [0.05, 0.1) is 17.7 Å². The van der Waals surface area contributed by atoms with Gasteiger partial charge in [0.1, 0.15) is 5.75 Å². The third kappa shape index (κ3) is 5.24. The second-order valence-electron chi connectivity index (χ2n) is 5.48. The molecule has 1 N–H and O–H groups in total. The molecular formula is C19H20N2O4. The van der Waals surface area contributed by atoms with Gasteiger partial charge in [-0.3, -0.25) is 9.59 Å². The Labute approximate surface area is 146 Å². The molecule has 2 rings (SSSR count). The van der Waals surface area contributed by atoms with E-state index in [2.05, 4.69) is 17.4 Å². The first-order valence-corrected chi connectivity index (χ1v) is 8.16. The third-order valence-corrected chi connectivity index (χ3v) is 3.61. The van der Waals surface area contributed by atoms with Crippen LogP contribution in [-0.2, 0) is 0 Å². The molecule has 2 aromatic carbocycles. The van der Waals surface area contributed by atoms with E-state index in [1.165, 1.54) is 12.1 Å². The van der Waals surface area contributed by atoms with Crippen LogP contribution in [0.1, 0.15) is 46.9 Å². The van der Waals surface area contributed by atoms with E-state index < -0.39 is 11.8 Å². The Balaban J connectivity index is 2.01. The zero-order chi connectivity index (χ0) is 18.1. The monoisotopic (exact) mass is 340 g/mol. The molecule has 130 valence electrons. The molecule has 0 aromatic heterocycles. The number of amides is 2. The highest BCUT2D eigenvalue weighted by Crippen LogP contribution is 2.18. The number of nitroso groups, excluding NO2 is 1. The summed E-state index contributed by atoms with van der Waals surface area (Å²) in [6.45, 7) is 2.79. The Morgan fingerprint density at radius 1 is 1.00 bits per heavy atom. The van der Waals surface area contributed by atoms with Crippen molar-refractivity contribution in [3.05, 3.63) is 64.6 Å². The molecule has 0 aliphatic rings. The molecule has 25 heavy (non-hydrogen) atoms. The van der Waals surface area contributed by atoms with Crippen molar-refractivity contribution in [3.8, 4) is 5.75 Å². The second kappa shape index (κ2) is 9.32. The van der Waals surface area contributed by atoms with Crippen molar-refractivity contribution in [2.45, 2.75) is 26.2 Å². The lowest BCUT2D eigenvalue weighted by molar-refractivity contribution is 0.0977. The quantitative estimate of drug-likeness (QED) is 0.569. The largest absolute Gasteiger partial charge is 0.494 e. The van der Waals surface area contributed by atoms with Crippen LogP contribution >= 0.6 is 0 Å². The summed E-state index contributed by atoms with van der Waals surface area (Å²) in [6, 6.07) is 13.0. The molecule has 6 nitrogen and oxygen atoms in total. The molecular weight excluding hydrogens is 320 g/mol. The van der Waals surface area contributed by atoms with Gasteiger partial charge in [0, 0.05) is 10.9 Å². The fraction of sp³-hybridized carbons (Fsp3) is 0.263. The number of benzene rings is 2. The van der Waals surface area contributed by atoms with E-state index in [1.54, 1.807) is 36.4 Å². The van der Waals surface area contributed by atoms with Gasteiger partial charge in [0.15, 0.2) is 0 Å². The molecule has 0 saturated carbocycles. The summed E-state index contributed by atoms with van der Waals surface area (Å²) in [5.41, 5.74) is 0.644. The van der Waals surface area contributed by atoms with Crippen molar-refractivity contribution in [1.29, 1.82) is 0 Å². The molecule has 0 atom stereocenters. The van der Waals surface area contributed by atoms with Crippen molar-refractivity contribution in [1.82, 2.24) is 0 Å².